The van der Waals surface area contributed by atoms with E-state index in [-0.39, 0.29) is 12.6 Å². The molecule has 1 aromatic rings. The SMILES string of the molecule is CCc1nn(C)cc1CNC(CO)CC(C)C. The number of nitrogens with zero attached hydrogens (tertiary/aromatic N) is 2. The third-order valence-corrected chi connectivity index (χ3v) is 2.88. The average molecular weight is 239 g/mol. The highest BCUT2D eigenvalue weighted by atomic mass is 16.3. The van der Waals surface area contributed by atoms with Crippen molar-refractivity contribution in [2.45, 2.75) is 46.2 Å². The van der Waals surface area contributed by atoms with Crippen LogP contribution in [0.1, 0.15) is 38.4 Å². The second-order valence-corrected chi connectivity index (χ2v) is 5.02. The molecule has 0 bridgehead atoms. The number of aromatic nitrogens is 2. The van der Waals surface area contributed by atoms with Gasteiger partial charge in [-0.15, -0.1) is 0 Å². The fourth-order valence-electron chi connectivity index (χ4n) is 2.07. The van der Waals surface area contributed by atoms with Gasteiger partial charge in [0.05, 0.1) is 12.3 Å². The number of aliphatic hydroxyl groups is 1. The van der Waals surface area contributed by atoms with Crippen LogP contribution in [0.4, 0.5) is 0 Å². The molecule has 0 aromatic carbocycles. The van der Waals surface area contributed by atoms with Crippen LogP contribution in [0.3, 0.4) is 0 Å². The summed E-state index contributed by atoms with van der Waals surface area (Å²) < 4.78 is 1.85. The molecular formula is C13H25N3O. The Labute approximate surface area is 104 Å². The van der Waals surface area contributed by atoms with Crippen molar-refractivity contribution in [2.75, 3.05) is 6.61 Å². The molecule has 1 aromatic heterocycles. The molecule has 0 spiro atoms. The van der Waals surface area contributed by atoms with Crippen molar-refractivity contribution >= 4 is 0 Å². The molecule has 1 atom stereocenters. The molecule has 0 saturated heterocycles. The van der Waals surface area contributed by atoms with Crippen LogP contribution in [0.15, 0.2) is 6.20 Å². The molecule has 0 radical (unpaired) electrons. The fourth-order valence-corrected chi connectivity index (χ4v) is 2.07. The highest BCUT2D eigenvalue weighted by Crippen LogP contribution is 2.09. The Hall–Kier alpha value is -0.870. The fraction of sp³-hybridized carbons (Fsp3) is 0.769. The Kier molecular flexibility index (Phi) is 5.65. The minimum atomic E-state index is 0.180. The zero-order valence-corrected chi connectivity index (χ0v) is 11.4. The highest BCUT2D eigenvalue weighted by molar-refractivity contribution is 5.16. The summed E-state index contributed by atoms with van der Waals surface area (Å²) in [7, 11) is 1.94. The van der Waals surface area contributed by atoms with Gasteiger partial charge in [0, 0.05) is 31.4 Å². The Morgan fingerprint density at radius 2 is 2.18 bits per heavy atom. The van der Waals surface area contributed by atoms with Crippen LogP contribution in [0, 0.1) is 5.92 Å². The Morgan fingerprint density at radius 1 is 1.47 bits per heavy atom. The predicted molar refractivity (Wildman–Crippen MR) is 69.8 cm³/mol. The van der Waals surface area contributed by atoms with E-state index in [0.717, 1.165) is 25.1 Å². The van der Waals surface area contributed by atoms with Gasteiger partial charge < -0.3 is 10.4 Å². The normalized spacial score (nSPS) is 13.3. The summed E-state index contributed by atoms with van der Waals surface area (Å²) in [4.78, 5) is 0. The Bertz CT molecular complexity index is 333. The smallest absolute Gasteiger partial charge is 0.0666 e. The Balaban J connectivity index is 2.52. The molecular weight excluding hydrogens is 214 g/mol. The Morgan fingerprint density at radius 3 is 2.71 bits per heavy atom. The van der Waals surface area contributed by atoms with Gasteiger partial charge in [-0.25, -0.2) is 0 Å². The summed E-state index contributed by atoms with van der Waals surface area (Å²) in [6.07, 6.45) is 4.00. The molecule has 4 heteroatoms. The van der Waals surface area contributed by atoms with Gasteiger partial charge in [-0.2, -0.15) is 5.10 Å². The lowest BCUT2D eigenvalue weighted by atomic mass is 10.0. The van der Waals surface area contributed by atoms with Crippen molar-refractivity contribution in [3.05, 3.63) is 17.5 Å². The summed E-state index contributed by atoms with van der Waals surface area (Å²) >= 11 is 0. The maximum absolute atomic E-state index is 9.30. The molecule has 2 N–H and O–H groups in total. The largest absolute Gasteiger partial charge is 0.395 e. The number of aliphatic hydroxyl groups excluding tert-OH is 1. The van der Waals surface area contributed by atoms with Crippen LogP contribution in [-0.4, -0.2) is 27.5 Å². The minimum absolute atomic E-state index is 0.180. The first-order valence-electron chi connectivity index (χ1n) is 6.42. The summed E-state index contributed by atoms with van der Waals surface area (Å²) in [6, 6.07) is 0.180. The third-order valence-electron chi connectivity index (χ3n) is 2.88. The van der Waals surface area contributed by atoms with Gasteiger partial charge in [0.1, 0.15) is 0 Å². The van der Waals surface area contributed by atoms with Crippen molar-refractivity contribution in [2.24, 2.45) is 13.0 Å². The second-order valence-electron chi connectivity index (χ2n) is 5.02. The standard InChI is InChI=1S/C13H25N3O/c1-5-13-11(8-16(4)15-13)7-14-12(9-17)6-10(2)3/h8,10,12,14,17H,5-7,9H2,1-4H3. The van der Waals surface area contributed by atoms with E-state index in [1.807, 2.05) is 11.7 Å². The molecule has 1 rings (SSSR count). The van der Waals surface area contributed by atoms with Gasteiger partial charge in [0.25, 0.3) is 0 Å². The number of nitrogens with one attached hydrogen (secondary N) is 1. The van der Waals surface area contributed by atoms with Gasteiger partial charge in [-0.05, 0) is 18.8 Å². The molecule has 0 aliphatic rings. The van der Waals surface area contributed by atoms with E-state index < -0.39 is 0 Å². The summed E-state index contributed by atoms with van der Waals surface area (Å²) in [5, 5.41) is 17.1. The molecule has 1 unspecified atom stereocenters. The summed E-state index contributed by atoms with van der Waals surface area (Å²) in [5.74, 6) is 0.596. The number of aryl methyl sites for hydroxylation is 2. The zero-order chi connectivity index (χ0) is 12.8. The first kappa shape index (κ1) is 14.2. The number of rotatable bonds is 7. The van der Waals surface area contributed by atoms with E-state index in [9.17, 15) is 5.11 Å². The first-order valence-corrected chi connectivity index (χ1v) is 6.42. The van der Waals surface area contributed by atoms with Crippen molar-refractivity contribution in [3.63, 3.8) is 0 Å². The minimum Gasteiger partial charge on any atom is -0.395 e. The van der Waals surface area contributed by atoms with Crippen molar-refractivity contribution in [1.82, 2.24) is 15.1 Å². The number of hydrogen-bond acceptors (Lipinski definition) is 3. The lowest BCUT2D eigenvalue weighted by Crippen LogP contribution is -2.33. The van der Waals surface area contributed by atoms with E-state index in [1.54, 1.807) is 0 Å². The lowest BCUT2D eigenvalue weighted by molar-refractivity contribution is 0.223. The molecule has 1 heterocycles. The van der Waals surface area contributed by atoms with Gasteiger partial charge >= 0.3 is 0 Å². The summed E-state index contributed by atoms with van der Waals surface area (Å²) in [5.41, 5.74) is 2.37. The molecule has 98 valence electrons. The summed E-state index contributed by atoms with van der Waals surface area (Å²) in [6.45, 7) is 7.44. The molecule has 0 saturated carbocycles. The van der Waals surface area contributed by atoms with Crippen LogP contribution in [0.2, 0.25) is 0 Å². The molecule has 0 fully saturated rings. The molecule has 0 amide bonds. The van der Waals surface area contributed by atoms with Crippen LogP contribution >= 0.6 is 0 Å². The van der Waals surface area contributed by atoms with E-state index in [0.29, 0.717) is 5.92 Å². The van der Waals surface area contributed by atoms with Gasteiger partial charge in [0.15, 0.2) is 0 Å². The van der Waals surface area contributed by atoms with Crippen molar-refractivity contribution < 1.29 is 5.11 Å². The maximum atomic E-state index is 9.30. The van der Waals surface area contributed by atoms with Crippen molar-refractivity contribution in [1.29, 1.82) is 0 Å². The van der Waals surface area contributed by atoms with E-state index in [2.05, 4.69) is 37.4 Å². The highest BCUT2D eigenvalue weighted by Gasteiger charge is 2.11. The molecule has 4 nitrogen and oxygen atoms in total. The van der Waals surface area contributed by atoms with Gasteiger partial charge in [-0.3, -0.25) is 4.68 Å². The maximum Gasteiger partial charge on any atom is 0.0666 e. The zero-order valence-electron chi connectivity index (χ0n) is 11.4. The quantitative estimate of drug-likeness (QED) is 0.758. The topological polar surface area (TPSA) is 50.1 Å². The van der Waals surface area contributed by atoms with Crippen LogP contribution in [-0.2, 0) is 20.0 Å². The number of hydrogen-bond donors (Lipinski definition) is 2. The van der Waals surface area contributed by atoms with E-state index in [1.165, 1.54) is 5.56 Å². The van der Waals surface area contributed by atoms with E-state index >= 15 is 0 Å². The molecule has 0 aliphatic heterocycles. The van der Waals surface area contributed by atoms with Crippen LogP contribution < -0.4 is 5.32 Å². The van der Waals surface area contributed by atoms with Crippen LogP contribution in [0.25, 0.3) is 0 Å². The monoisotopic (exact) mass is 239 g/mol. The van der Waals surface area contributed by atoms with Crippen LogP contribution in [0.5, 0.6) is 0 Å². The van der Waals surface area contributed by atoms with Crippen molar-refractivity contribution in [3.8, 4) is 0 Å². The third kappa shape index (κ3) is 4.48. The lowest BCUT2D eigenvalue weighted by Gasteiger charge is -2.18. The molecule has 0 aliphatic carbocycles. The van der Waals surface area contributed by atoms with Gasteiger partial charge in [0.2, 0.25) is 0 Å². The molecule has 17 heavy (non-hydrogen) atoms. The predicted octanol–water partition coefficient (Wildman–Crippen LogP) is 1.48. The second kappa shape index (κ2) is 6.77. The first-order chi connectivity index (χ1) is 8.06. The van der Waals surface area contributed by atoms with E-state index in [4.69, 9.17) is 0 Å². The van der Waals surface area contributed by atoms with Gasteiger partial charge in [-0.1, -0.05) is 20.8 Å². The average Bonchev–Trinajstić information content (AvgIpc) is 2.64.